The third-order valence-corrected chi connectivity index (χ3v) is 4.71. The van der Waals surface area contributed by atoms with E-state index in [4.69, 9.17) is 9.26 Å². The Kier molecular flexibility index (Phi) is 5.74. The van der Waals surface area contributed by atoms with E-state index < -0.39 is 0 Å². The molecular weight excluding hydrogens is 396 g/mol. The molecule has 1 amide bonds. The number of carbonyl (C=O) groups excluding carboxylic acids is 1. The molecule has 9 heteroatoms. The topological polar surface area (TPSA) is 108 Å². The van der Waals surface area contributed by atoms with Crippen molar-refractivity contribution in [3.8, 4) is 17.4 Å². The van der Waals surface area contributed by atoms with Crippen LogP contribution in [0.3, 0.4) is 0 Å². The first-order valence-electron chi connectivity index (χ1n) is 9.81. The molecule has 0 saturated heterocycles. The summed E-state index contributed by atoms with van der Waals surface area (Å²) < 4.78 is 12.8. The Morgan fingerprint density at radius 3 is 2.65 bits per heavy atom. The van der Waals surface area contributed by atoms with Crippen LogP contribution in [0.15, 0.2) is 53.6 Å². The van der Waals surface area contributed by atoms with Crippen molar-refractivity contribution in [3.05, 3.63) is 71.9 Å². The number of nitrogens with one attached hydrogen (secondary N) is 1. The minimum atomic E-state index is -0.0786. The van der Waals surface area contributed by atoms with Crippen LogP contribution in [0.2, 0.25) is 0 Å². The number of aryl methyl sites for hydroxylation is 3. The second kappa shape index (κ2) is 8.78. The maximum absolute atomic E-state index is 12.3. The van der Waals surface area contributed by atoms with Crippen molar-refractivity contribution in [3.63, 3.8) is 0 Å². The summed E-state index contributed by atoms with van der Waals surface area (Å²) in [5, 5.41) is 6.80. The first kappa shape index (κ1) is 20.3. The van der Waals surface area contributed by atoms with E-state index >= 15 is 0 Å². The Balaban J connectivity index is 1.37. The number of amides is 1. The number of carbonyl (C=O) groups is 1. The molecule has 0 radical (unpaired) electrons. The molecule has 3 heterocycles. The Labute approximate surface area is 179 Å². The molecule has 0 saturated carbocycles. The van der Waals surface area contributed by atoms with E-state index in [2.05, 4.69) is 25.4 Å². The molecule has 0 fully saturated rings. The molecule has 0 aliphatic carbocycles. The van der Waals surface area contributed by atoms with Crippen LogP contribution in [-0.2, 0) is 11.2 Å². The smallest absolute Gasteiger partial charge is 0.224 e. The van der Waals surface area contributed by atoms with Crippen molar-refractivity contribution in [1.82, 2.24) is 24.7 Å². The largest absolute Gasteiger partial charge is 0.439 e. The van der Waals surface area contributed by atoms with Gasteiger partial charge in [-0.25, -0.2) is 9.97 Å². The summed E-state index contributed by atoms with van der Waals surface area (Å²) >= 11 is 0. The summed E-state index contributed by atoms with van der Waals surface area (Å²) in [6.07, 6.45) is 6.07. The number of anilines is 1. The highest BCUT2D eigenvalue weighted by Gasteiger charge is 2.12. The fourth-order valence-electron chi connectivity index (χ4n) is 3.15. The molecule has 0 unspecified atom stereocenters. The van der Waals surface area contributed by atoms with Gasteiger partial charge in [0.25, 0.3) is 0 Å². The van der Waals surface area contributed by atoms with E-state index in [1.54, 1.807) is 60.5 Å². The van der Waals surface area contributed by atoms with Crippen molar-refractivity contribution < 1.29 is 14.1 Å². The molecule has 4 aromatic rings. The first-order valence-corrected chi connectivity index (χ1v) is 9.81. The average Bonchev–Trinajstić information content (AvgIpc) is 3.38. The number of hydrogen-bond acceptors (Lipinski definition) is 7. The lowest BCUT2D eigenvalue weighted by Crippen LogP contribution is -2.12. The molecule has 3 aromatic heterocycles. The summed E-state index contributed by atoms with van der Waals surface area (Å²) in [5.41, 5.74) is 2.49. The van der Waals surface area contributed by atoms with E-state index in [1.807, 2.05) is 13.8 Å². The second-order valence-corrected chi connectivity index (χ2v) is 7.06. The monoisotopic (exact) mass is 418 g/mol. The molecule has 0 spiro atoms. The van der Waals surface area contributed by atoms with Crippen LogP contribution in [0.4, 0.5) is 5.69 Å². The van der Waals surface area contributed by atoms with E-state index in [0.717, 1.165) is 17.0 Å². The Morgan fingerprint density at radius 1 is 1.16 bits per heavy atom. The molecule has 0 aliphatic heterocycles. The highest BCUT2D eigenvalue weighted by molar-refractivity contribution is 5.90. The predicted molar refractivity (Wildman–Crippen MR) is 113 cm³/mol. The van der Waals surface area contributed by atoms with E-state index in [1.165, 1.54) is 0 Å². The van der Waals surface area contributed by atoms with Gasteiger partial charge < -0.3 is 14.6 Å². The van der Waals surface area contributed by atoms with Crippen LogP contribution in [0, 0.1) is 20.8 Å². The zero-order chi connectivity index (χ0) is 21.8. The van der Waals surface area contributed by atoms with Gasteiger partial charge in [0.15, 0.2) is 0 Å². The van der Waals surface area contributed by atoms with Gasteiger partial charge in [-0.2, -0.15) is 4.98 Å². The second-order valence-electron chi connectivity index (χ2n) is 7.06. The highest BCUT2D eigenvalue weighted by atomic mass is 16.5. The van der Waals surface area contributed by atoms with Crippen molar-refractivity contribution in [2.24, 2.45) is 0 Å². The fraction of sp³-hybridized carbons (Fsp3) is 0.227. The number of ether oxygens (including phenoxy) is 1. The van der Waals surface area contributed by atoms with Crippen LogP contribution in [0.5, 0.6) is 11.6 Å². The Hall–Kier alpha value is -4.01. The summed E-state index contributed by atoms with van der Waals surface area (Å²) in [5.74, 6) is 2.95. The number of hydrogen-bond donors (Lipinski definition) is 1. The molecule has 158 valence electrons. The maximum Gasteiger partial charge on any atom is 0.224 e. The zero-order valence-corrected chi connectivity index (χ0v) is 17.5. The normalized spacial score (nSPS) is 10.8. The van der Waals surface area contributed by atoms with Crippen LogP contribution in [0.1, 0.15) is 29.3 Å². The minimum absolute atomic E-state index is 0.0786. The van der Waals surface area contributed by atoms with E-state index in [0.29, 0.717) is 41.8 Å². The molecule has 4 rings (SSSR count). The molecule has 31 heavy (non-hydrogen) atoms. The quantitative estimate of drug-likeness (QED) is 0.484. The molecule has 0 aliphatic rings. The molecule has 1 aromatic carbocycles. The number of nitrogens with zero attached hydrogens (tertiary/aromatic N) is 5. The number of rotatable bonds is 7. The summed E-state index contributed by atoms with van der Waals surface area (Å²) in [6.45, 7) is 5.53. The number of aromatic nitrogens is 5. The molecule has 0 atom stereocenters. The maximum atomic E-state index is 12.3. The third-order valence-electron chi connectivity index (χ3n) is 4.71. The average molecular weight is 418 g/mol. The molecule has 1 N–H and O–H groups in total. The number of imidazole rings is 1. The summed E-state index contributed by atoms with van der Waals surface area (Å²) in [4.78, 5) is 25.0. The fourth-order valence-corrected chi connectivity index (χ4v) is 3.15. The zero-order valence-electron chi connectivity index (χ0n) is 17.5. The van der Waals surface area contributed by atoms with Gasteiger partial charge in [-0.15, -0.1) is 0 Å². The number of benzene rings is 1. The van der Waals surface area contributed by atoms with Crippen molar-refractivity contribution in [1.29, 1.82) is 0 Å². The third kappa shape index (κ3) is 4.95. The van der Waals surface area contributed by atoms with Crippen LogP contribution < -0.4 is 10.1 Å². The Morgan fingerprint density at radius 2 is 1.97 bits per heavy atom. The highest BCUT2D eigenvalue weighted by Crippen LogP contribution is 2.23. The van der Waals surface area contributed by atoms with Gasteiger partial charge in [0.1, 0.15) is 29.5 Å². The van der Waals surface area contributed by atoms with E-state index in [9.17, 15) is 4.79 Å². The van der Waals surface area contributed by atoms with Gasteiger partial charge in [0, 0.05) is 36.1 Å². The first-order chi connectivity index (χ1) is 15.0. The van der Waals surface area contributed by atoms with Gasteiger partial charge in [-0.05, 0) is 51.5 Å². The molecule has 9 nitrogen and oxygen atoms in total. The standard InChI is InChI=1S/C22H22N6O3/c1-14-19(15(2)31-27-14)8-9-21(29)26-17-4-6-18(7-5-17)30-22-12-20(24-16(3)25-22)28-11-10-23-13-28/h4-7,10-13H,8-9H2,1-3H3,(H,26,29). The van der Waals surface area contributed by atoms with E-state index in [-0.39, 0.29) is 5.91 Å². The SMILES string of the molecule is Cc1nc(Oc2ccc(NC(=O)CCc3c(C)noc3C)cc2)cc(-n2ccnc2)n1. The van der Waals surface area contributed by atoms with Gasteiger partial charge in [-0.1, -0.05) is 5.16 Å². The summed E-state index contributed by atoms with van der Waals surface area (Å²) in [7, 11) is 0. The molecular formula is C22H22N6O3. The van der Waals surface area contributed by atoms with Crippen LogP contribution in [0.25, 0.3) is 5.82 Å². The Bertz CT molecular complexity index is 1160. The lowest BCUT2D eigenvalue weighted by Gasteiger charge is -2.09. The summed E-state index contributed by atoms with van der Waals surface area (Å²) in [6, 6.07) is 8.86. The minimum Gasteiger partial charge on any atom is -0.439 e. The van der Waals surface area contributed by atoms with Gasteiger partial charge in [0.2, 0.25) is 11.8 Å². The lowest BCUT2D eigenvalue weighted by molar-refractivity contribution is -0.116. The van der Waals surface area contributed by atoms with Crippen molar-refractivity contribution in [2.75, 3.05) is 5.32 Å². The predicted octanol–water partition coefficient (Wildman–Crippen LogP) is 3.94. The molecule has 0 bridgehead atoms. The van der Waals surface area contributed by atoms with Crippen molar-refractivity contribution in [2.45, 2.75) is 33.6 Å². The van der Waals surface area contributed by atoms with Crippen LogP contribution in [-0.4, -0.2) is 30.6 Å². The lowest BCUT2D eigenvalue weighted by atomic mass is 10.1. The van der Waals surface area contributed by atoms with Gasteiger partial charge in [0.05, 0.1) is 5.69 Å². The van der Waals surface area contributed by atoms with Gasteiger partial charge >= 0.3 is 0 Å². The van der Waals surface area contributed by atoms with Gasteiger partial charge in [-0.3, -0.25) is 9.36 Å². The van der Waals surface area contributed by atoms with Crippen molar-refractivity contribution >= 4 is 11.6 Å². The van der Waals surface area contributed by atoms with Crippen LogP contribution >= 0.6 is 0 Å².